The summed E-state index contributed by atoms with van der Waals surface area (Å²) in [6, 6.07) is 6.05. The number of nitrogens with zero attached hydrogens (tertiary/aromatic N) is 1. The zero-order valence-electron chi connectivity index (χ0n) is 12.4. The van der Waals surface area contributed by atoms with Gasteiger partial charge in [0.15, 0.2) is 13.3 Å². The topological polar surface area (TPSA) is 57.6 Å². The quantitative estimate of drug-likeness (QED) is 0.670. The van der Waals surface area contributed by atoms with Crippen molar-refractivity contribution in [3.05, 3.63) is 29.3 Å². The lowest BCUT2D eigenvalue weighted by Crippen LogP contribution is -2.29. The minimum absolute atomic E-state index is 0.274. The lowest BCUT2D eigenvalue weighted by atomic mass is 10.1. The van der Waals surface area contributed by atoms with Gasteiger partial charge in [-0.05, 0) is 38.1 Å². The van der Waals surface area contributed by atoms with Crippen LogP contribution in [-0.2, 0) is 9.22 Å². The maximum atomic E-state index is 10.6. The van der Waals surface area contributed by atoms with E-state index in [1.807, 2.05) is 50.8 Å². The summed E-state index contributed by atoms with van der Waals surface area (Å²) in [7, 11) is 0. The molecule has 0 saturated carbocycles. The van der Waals surface area contributed by atoms with Crippen molar-refractivity contribution in [2.75, 3.05) is 25.4 Å². The molecule has 0 aliphatic rings. The Bertz CT molecular complexity index is 392. The number of para-hydroxylation sites is 1. The average Bonchev–Trinajstić information content (AvgIpc) is 2.42. The highest BCUT2D eigenvalue weighted by Gasteiger charge is 2.15. The Balaban J connectivity index is 0.000000342. The van der Waals surface area contributed by atoms with Crippen LogP contribution in [0, 0.1) is 13.8 Å². The molecular formula is C15H25N2O2+. The van der Waals surface area contributed by atoms with Crippen LogP contribution in [0.15, 0.2) is 18.2 Å². The van der Waals surface area contributed by atoms with Gasteiger partial charge in [0.05, 0.1) is 4.79 Å². The van der Waals surface area contributed by atoms with Crippen LogP contribution in [0.25, 0.3) is 0 Å². The van der Waals surface area contributed by atoms with Crippen molar-refractivity contribution in [3.8, 4) is 0 Å². The van der Waals surface area contributed by atoms with Gasteiger partial charge in [0.25, 0.3) is 0 Å². The summed E-state index contributed by atoms with van der Waals surface area (Å²) < 4.78 is 4.25. The molecule has 1 rings (SSSR count). The summed E-state index contributed by atoms with van der Waals surface area (Å²) in [4.78, 5) is 12.6. The first kappa shape index (κ1) is 17.3. The molecule has 4 heteroatoms. The van der Waals surface area contributed by atoms with Crippen molar-refractivity contribution in [1.82, 2.24) is 4.90 Å². The van der Waals surface area contributed by atoms with Crippen LogP contribution in [0.5, 0.6) is 0 Å². The zero-order chi connectivity index (χ0) is 14.8. The van der Waals surface area contributed by atoms with Gasteiger partial charge in [0, 0.05) is 5.69 Å². The number of anilines is 1. The fraction of sp³-hybridized carbons (Fsp3) is 0.467. The molecule has 106 valence electrons. The average molecular weight is 265 g/mol. The number of hydrogen-bond acceptors (Lipinski definition) is 3. The van der Waals surface area contributed by atoms with Crippen LogP contribution in [0.4, 0.5) is 5.69 Å². The predicted molar refractivity (Wildman–Crippen MR) is 80.2 cm³/mol. The van der Waals surface area contributed by atoms with E-state index in [9.17, 15) is 4.79 Å². The third-order valence-electron chi connectivity index (χ3n) is 2.95. The molecule has 0 aliphatic carbocycles. The molecule has 0 heterocycles. The molecule has 2 N–H and O–H groups in total. The lowest BCUT2D eigenvalue weighted by Gasteiger charge is -2.10. The first-order chi connectivity index (χ1) is 8.96. The molecule has 4 nitrogen and oxygen atoms in total. The first-order valence-electron chi connectivity index (χ1n) is 6.45. The fourth-order valence-corrected chi connectivity index (χ4v) is 1.50. The number of benzene rings is 1. The molecule has 0 unspecified atom stereocenters. The second kappa shape index (κ2) is 9.28. The number of nitrogen functional groups attached to an aromatic ring is 1. The van der Waals surface area contributed by atoms with Gasteiger partial charge in [-0.25, -0.2) is 0 Å². The number of likely N-dealkylation sites (N-methyl/N-ethyl adjacent to an activating group) is 1. The molecule has 0 spiro atoms. The second-order valence-electron chi connectivity index (χ2n) is 4.28. The van der Waals surface area contributed by atoms with Gasteiger partial charge in [-0.1, -0.05) is 32.0 Å². The summed E-state index contributed by atoms with van der Waals surface area (Å²) in [5.74, 6) is -0.274. The maximum absolute atomic E-state index is 10.6. The van der Waals surface area contributed by atoms with E-state index in [-0.39, 0.29) is 5.97 Å². The van der Waals surface area contributed by atoms with E-state index in [2.05, 4.69) is 11.2 Å². The SMILES string of the molecule is C=[O+]C(=O)CN(CC)CC.Cc1cccc(C)c1N. The number of rotatable bonds is 4. The molecule has 0 saturated heterocycles. The number of carbonyl (C=O) groups excluding carboxylic acids is 2. The highest BCUT2D eigenvalue weighted by molar-refractivity contribution is 5.68. The van der Waals surface area contributed by atoms with Gasteiger partial charge in [0.2, 0.25) is 0 Å². The molecule has 19 heavy (non-hydrogen) atoms. The third-order valence-corrected chi connectivity index (χ3v) is 2.95. The Labute approximate surface area is 115 Å². The van der Waals surface area contributed by atoms with Gasteiger partial charge in [-0.15, -0.1) is 0 Å². The number of nitrogens with two attached hydrogens (primary N) is 1. The van der Waals surface area contributed by atoms with Crippen LogP contribution in [-0.4, -0.2) is 37.3 Å². The second-order valence-corrected chi connectivity index (χ2v) is 4.28. The normalized spacial score (nSPS) is 9.74. The molecule has 1 aromatic carbocycles. The van der Waals surface area contributed by atoms with Crippen molar-refractivity contribution in [2.24, 2.45) is 0 Å². The monoisotopic (exact) mass is 265 g/mol. The minimum atomic E-state index is -0.274. The van der Waals surface area contributed by atoms with E-state index in [1.54, 1.807) is 0 Å². The van der Waals surface area contributed by atoms with Crippen molar-refractivity contribution >= 4 is 18.4 Å². The Morgan fingerprint density at radius 1 is 1.26 bits per heavy atom. The van der Waals surface area contributed by atoms with Crippen molar-refractivity contribution in [2.45, 2.75) is 27.7 Å². The van der Waals surface area contributed by atoms with Crippen LogP contribution >= 0.6 is 0 Å². The minimum Gasteiger partial charge on any atom is -0.398 e. The number of carbonyl (C=O) groups is 1. The van der Waals surface area contributed by atoms with Crippen molar-refractivity contribution in [1.29, 1.82) is 0 Å². The Morgan fingerprint density at radius 2 is 1.74 bits per heavy atom. The molecule has 0 fully saturated rings. The van der Waals surface area contributed by atoms with Crippen molar-refractivity contribution in [3.63, 3.8) is 0 Å². The Hall–Kier alpha value is -1.68. The molecule has 1 aromatic rings. The van der Waals surface area contributed by atoms with Crippen LogP contribution in [0.3, 0.4) is 0 Å². The zero-order valence-corrected chi connectivity index (χ0v) is 12.4. The summed E-state index contributed by atoms with van der Waals surface area (Å²) in [6.45, 7) is 13.1. The molecule has 0 aliphatic heterocycles. The highest BCUT2D eigenvalue weighted by atomic mass is 16.4. The van der Waals surface area contributed by atoms with E-state index in [0.717, 1.165) is 29.9 Å². The summed E-state index contributed by atoms with van der Waals surface area (Å²) in [5, 5.41) is 0. The van der Waals surface area contributed by atoms with Crippen LogP contribution in [0.1, 0.15) is 25.0 Å². The van der Waals surface area contributed by atoms with Gasteiger partial charge in [-0.3, -0.25) is 9.32 Å². The number of hydrogen-bond donors (Lipinski definition) is 1. The Morgan fingerprint density at radius 3 is 2.05 bits per heavy atom. The summed E-state index contributed by atoms with van der Waals surface area (Å²) in [6.07, 6.45) is 0. The lowest BCUT2D eigenvalue weighted by molar-refractivity contribution is -0.369. The molecule has 0 bridgehead atoms. The van der Waals surface area contributed by atoms with E-state index >= 15 is 0 Å². The largest absolute Gasteiger partial charge is 0.593 e. The van der Waals surface area contributed by atoms with E-state index in [0.29, 0.717) is 6.54 Å². The van der Waals surface area contributed by atoms with Crippen LogP contribution < -0.4 is 5.73 Å². The number of aryl methyl sites for hydroxylation is 2. The van der Waals surface area contributed by atoms with Gasteiger partial charge >= 0.3 is 5.97 Å². The van der Waals surface area contributed by atoms with Crippen LogP contribution in [0.2, 0.25) is 0 Å². The first-order valence-corrected chi connectivity index (χ1v) is 6.45. The molecule has 0 amide bonds. The molecule has 0 atom stereocenters. The fourth-order valence-electron chi connectivity index (χ4n) is 1.50. The molecule has 0 radical (unpaired) electrons. The predicted octanol–water partition coefficient (Wildman–Crippen LogP) is 2.10. The maximum Gasteiger partial charge on any atom is 0.593 e. The van der Waals surface area contributed by atoms with Gasteiger partial charge < -0.3 is 5.73 Å². The van der Waals surface area contributed by atoms with Gasteiger partial charge in [-0.2, -0.15) is 0 Å². The van der Waals surface area contributed by atoms with E-state index in [4.69, 9.17) is 5.73 Å². The molecular weight excluding hydrogens is 240 g/mol. The summed E-state index contributed by atoms with van der Waals surface area (Å²) in [5.41, 5.74) is 8.92. The smallest absolute Gasteiger partial charge is 0.398 e. The van der Waals surface area contributed by atoms with Gasteiger partial charge in [0.1, 0.15) is 0 Å². The highest BCUT2D eigenvalue weighted by Crippen LogP contribution is 2.13. The molecule has 0 aromatic heterocycles. The standard InChI is InChI=1S/C8H11N.C7H14NO2/c1-6-4-3-5-7(2)8(6)9;1-4-8(5-2)6-7(9)10-3/h3-5H,9H2,1-2H3;3-6H2,1-2H3/q;+1. The van der Waals surface area contributed by atoms with Crippen molar-refractivity contribution < 1.29 is 9.22 Å². The third kappa shape index (κ3) is 6.72. The summed E-state index contributed by atoms with van der Waals surface area (Å²) >= 11 is 0. The Kier molecular flexibility index (Phi) is 8.46. The van der Waals surface area contributed by atoms with E-state index in [1.165, 1.54) is 0 Å². The van der Waals surface area contributed by atoms with E-state index < -0.39 is 0 Å².